The van der Waals surface area contributed by atoms with E-state index in [0.717, 1.165) is 5.56 Å². The molecule has 0 aliphatic heterocycles. The van der Waals surface area contributed by atoms with Crippen molar-refractivity contribution < 1.29 is 18.7 Å². The molecule has 0 saturated heterocycles. The zero-order valence-corrected chi connectivity index (χ0v) is 17.2. The van der Waals surface area contributed by atoms with Crippen LogP contribution in [-0.2, 0) is 11.4 Å². The van der Waals surface area contributed by atoms with Crippen LogP contribution >= 0.6 is 11.6 Å². The van der Waals surface area contributed by atoms with E-state index < -0.39 is 0 Å². The predicted octanol–water partition coefficient (Wildman–Crippen LogP) is 5.59. The lowest BCUT2D eigenvalue weighted by molar-refractivity contribution is -0.118. The summed E-state index contributed by atoms with van der Waals surface area (Å²) in [6, 6.07) is 23.6. The summed E-state index contributed by atoms with van der Waals surface area (Å²) in [7, 11) is 0. The minimum absolute atomic E-state index is 0.109. The average Bonchev–Trinajstić information content (AvgIpc) is 3.27. The molecule has 1 amide bonds. The van der Waals surface area contributed by atoms with E-state index in [1.165, 1.54) is 0 Å². The quantitative estimate of drug-likeness (QED) is 0.391. The highest BCUT2D eigenvalue weighted by Crippen LogP contribution is 2.26. The van der Waals surface area contributed by atoms with Crippen LogP contribution in [0.1, 0.15) is 5.89 Å². The van der Waals surface area contributed by atoms with Crippen LogP contribution in [0.5, 0.6) is 11.5 Å². The van der Waals surface area contributed by atoms with E-state index in [1.807, 2.05) is 42.5 Å². The Balaban J connectivity index is 1.35. The van der Waals surface area contributed by atoms with Gasteiger partial charge in [0.15, 0.2) is 19.0 Å². The highest BCUT2D eigenvalue weighted by molar-refractivity contribution is 6.30. The van der Waals surface area contributed by atoms with E-state index in [4.69, 9.17) is 25.5 Å². The maximum atomic E-state index is 12.3. The van der Waals surface area contributed by atoms with Gasteiger partial charge < -0.3 is 19.2 Å². The smallest absolute Gasteiger partial charge is 0.262 e. The molecule has 0 fully saturated rings. The summed E-state index contributed by atoms with van der Waals surface area (Å²) in [5, 5.41) is 3.45. The SMILES string of the molecule is O=C(COc1ccccc1)Nc1ccccc1OCc1ncc(-c2ccc(Cl)cc2)o1. The van der Waals surface area contributed by atoms with Gasteiger partial charge in [-0.05, 0) is 48.5 Å². The number of aromatic nitrogens is 1. The van der Waals surface area contributed by atoms with Crippen molar-refractivity contribution in [2.24, 2.45) is 0 Å². The van der Waals surface area contributed by atoms with E-state index in [-0.39, 0.29) is 19.1 Å². The Morgan fingerprint density at radius 2 is 1.68 bits per heavy atom. The first-order chi connectivity index (χ1) is 15.2. The normalized spacial score (nSPS) is 10.5. The zero-order valence-electron chi connectivity index (χ0n) is 16.5. The molecule has 6 nitrogen and oxygen atoms in total. The lowest BCUT2D eigenvalue weighted by Gasteiger charge is -2.12. The molecule has 0 atom stereocenters. The molecule has 0 aliphatic carbocycles. The number of rotatable bonds is 8. The molecule has 0 unspecified atom stereocenters. The van der Waals surface area contributed by atoms with Crippen LogP contribution in [0, 0.1) is 0 Å². The van der Waals surface area contributed by atoms with Crippen LogP contribution in [0.3, 0.4) is 0 Å². The number of oxazole rings is 1. The van der Waals surface area contributed by atoms with Gasteiger partial charge in [0.1, 0.15) is 11.5 Å². The van der Waals surface area contributed by atoms with Crippen molar-refractivity contribution >= 4 is 23.2 Å². The van der Waals surface area contributed by atoms with Crippen LogP contribution < -0.4 is 14.8 Å². The third-order valence-corrected chi connectivity index (χ3v) is 4.56. The zero-order chi connectivity index (χ0) is 21.5. The van der Waals surface area contributed by atoms with Crippen molar-refractivity contribution in [2.75, 3.05) is 11.9 Å². The minimum Gasteiger partial charge on any atom is -0.484 e. The summed E-state index contributed by atoms with van der Waals surface area (Å²) < 4.78 is 17.1. The van der Waals surface area contributed by atoms with Gasteiger partial charge in [0.2, 0.25) is 5.89 Å². The van der Waals surface area contributed by atoms with Crippen LogP contribution in [0.2, 0.25) is 5.02 Å². The Morgan fingerprint density at radius 1 is 0.935 bits per heavy atom. The predicted molar refractivity (Wildman–Crippen MR) is 118 cm³/mol. The van der Waals surface area contributed by atoms with Crippen molar-refractivity contribution in [3.63, 3.8) is 0 Å². The second-order valence-corrected chi connectivity index (χ2v) is 7.00. The number of nitrogens with zero attached hydrogens (tertiary/aromatic N) is 1. The van der Waals surface area contributed by atoms with Crippen molar-refractivity contribution in [1.82, 2.24) is 4.98 Å². The minimum atomic E-state index is -0.291. The Kier molecular flexibility index (Phi) is 6.50. The number of nitrogens with one attached hydrogen (secondary N) is 1. The van der Waals surface area contributed by atoms with Crippen LogP contribution in [-0.4, -0.2) is 17.5 Å². The van der Waals surface area contributed by atoms with Gasteiger partial charge in [-0.3, -0.25) is 4.79 Å². The van der Waals surface area contributed by atoms with Crippen molar-refractivity contribution in [2.45, 2.75) is 6.61 Å². The molecule has 31 heavy (non-hydrogen) atoms. The summed E-state index contributed by atoms with van der Waals surface area (Å²) in [4.78, 5) is 16.5. The summed E-state index contributed by atoms with van der Waals surface area (Å²) in [6.45, 7) is 0.00350. The molecule has 3 aromatic carbocycles. The van der Waals surface area contributed by atoms with E-state index >= 15 is 0 Å². The van der Waals surface area contributed by atoms with E-state index in [0.29, 0.717) is 33.9 Å². The Bertz CT molecular complexity index is 1140. The second-order valence-electron chi connectivity index (χ2n) is 6.56. The molecule has 1 heterocycles. The number of halogens is 1. The van der Waals surface area contributed by atoms with Gasteiger partial charge in [-0.25, -0.2) is 4.98 Å². The number of amides is 1. The summed E-state index contributed by atoms with van der Waals surface area (Å²) in [6.07, 6.45) is 1.64. The van der Waals surface area contributed by atoms with Gasteiger partial charge in [0.25, 0.3) is 5.91 Å². The number of benzene rings is 3. The lowest BCUT2D eigenvalue weighted by Crippen LogP contribution is -2.20. The molecule has 7 heteroatoms. The molecule has 4 aromatic rings. The molecular formula is C24H19ClN2O4. The van der Waals surface area contributed by atoms with Crippen molar-refractivity contribution in [3.05, 3.63) is 96.0 Å². The summed E-state index contributed by atoms with van der Waals surface area (Å²) >= 11 is 5.92. The molecule has 156 valence electrons. The summed E-state index contributed by atoms with van der Waals surface area (Å²) in [5.41, 5.74) is 1.41. The molecule has 1 N–H and O–H groups in total. The highest BCUT2D eigenvalue weighted by atomic mass is 35.5. The van der Waals surface area contributed by atoms with Gasteiger partial charge in [-0.1, -0.05) is 41.9 Å². The van der Waals surface area contributed by atoms with Crippen LogP contribution in [0.15, 0.2) is 89.5 Å². The number of para-hydroxylation sites is 3. The van der Waals surface area contributed by atoms with Crippen molar-refractivity contribution in [3.8, 4) is 22.8 Å². The Labute approximate surface area is 184 Å². The number of hydrogen-bond acceptors (Lipinski definition) is 5. The van der Waals surface area contributed by atoms with E-state index in [9.17, 15) is 4.79 Å². The molecule has 1 aromatic heterocycles. The van der Waals surface area contributed by atoms with Gasteiger partial charge in [-0.15, -0.1) is 0 Å². The first-order valence-corrected chi connectivity index (χ1v) is 9.95. The Morgan fingerprint density at radius 3 is 2.48 bits per heavy atom. The van der Waals surface area contributed by atoms with Gasteiger partial charge in [0, 0.05) is 10.6 Å². The first-order valence-electron chi connectivity index (χ1n) is 9.57. The molecule has 4 rings (SSSR count). The Hall–Kier alpha value is -3.77. The monoisotopic (exact) mass is 434 g/mol. The van der Waals surface area contributed by atoms with Crippen LogP contribution in [0.25, 0.3) is 11.3 Å². The molecule has 0 radical (unpaired) electrons. The fourth-order valence-electron chi connectivity index (χ4n) is 2.81. The van der Waals surface area contributed by atoms with Crippen LogP contribution in [0.4, 0.5) is 5.69 Å². The van der Waals surface area contributed by atoms with Gasteiger partial charge >= 0.3 is 0 Å². The number of hydrogen-bond donors (Lipinski definition) is 1. The highest BCUT2D eigenvalue weighted by Gasteiger charge is 2.11. The molecule has 0 aliphatic rings. The maximum absolute atomic E-state index is 12.3. The fourth-order valence-corrected chi connectivity index (χ4v) is 2.94. The third kappa shape index (κ3) is 5.65. The molecule has 0 saturated carbocycles. The summed E-state index contributed by atoms with van der Waals surface area (Å²) in [5.74, 6) is 1.87. The fraction of sp³-hybridized carbons (Fsp3) is 0.0833. The van der Waals surface area contributed by atoms with E-state index in [2.05, 4.69) is 10.3 Å². The third-order valence-electron chi connectivity index (χ3n) is 4.31. The van der Waals surface area contributed by atoms with Crippen molar-refractivity contribution in [1.29, 1.82) is 0 Å². The molecular weight excluding hydrogens is 416 g/mol. The number of ether oxygens (including phenoxy) is 2. The standard InChI is InChI=1S/C24H19ClN2O4/c25-18-12-10-17(11-13-18)22-14-26-24(31-22)16-30-21-9-5-4-8-20(21)27-23(28)15-29-19-6-2-1-3-7-19/h1-14H,15-16H2,(H,27,28). The van der Waals surface area contributed by atoms with Gasteiger partial charge in [-0.2, -0.15) is 0 Å². The average molecular weight is 435 g/mol. The first kappa shape index (κ1) is 20.5. The number of anilines is 1. The topological polar surface area (TPSA) is 73.6 Å². The molecule has 0 bridgehead atoms. The largest absolute Gasteiger partial charge is 0.484 e. The number of carbonyl (C=O) groups is 1. The van der Waals surface area contributed by atoms with Gasteiger partial charge in [0.05, 0.1) is 11.9 Å². The molecule has 0 spiro atoms. The maximum Gasteiger partial charge on any atom is 0.262 e. The van der Waals surface area contributed by atoms with E-state index in [1.54, 1.807) is 42.6 Å². The second kappa shape index (κ2) is 9.82. The number of carbonyl (C=O) groups excluding carboxylic acids is 1. The lowest BCUT2D eigenvalue weighted by atomic mass is 10.2.